The second-order valence-corrected chi connectivity index (χ2v) is 17.9. The van der Waals surface area contributed by atoms with Crippen molar-refractivity contribution in [3.8, 4) is 44.5 Å². The summed E-state index contributed by atoms with van der Waals surface area (Å²) < 4.78 is 9.32. The van der Waals surface area contributed by atoms with Crippen LogP contribution in [-0.2, 0) is 5.41 Å². The van der Waals surface area contributed by atoms with Crippen molar-refractivity contribution in [3.63, 3.8) is 0 Å². The van der Waals surface area contributed by atoms with Crippen LogP contribution in [0.2, 0.25) is 0 Å². The van der Waals surface area contributed by atoms with Gasteiger partial charge in [0.25, 0.3) is 0 Å². The van der Waals surface area contributed by atoms with Crippen LogP contribution in [-0.4, -0.2) is 0 Å². The third-order valence-electron chi connectivity index (χ3n) is 13.2. The molecule has 276 valence electrons. The summed E-state index contributed by atoms with van der Waals surface area (Å²) >= 11 is 1.88. The van der Waals surface area contributed by atoms with Crippen LogP contribution in [0.4, 0.5) is 0 Å². The minimum atomic E-state index is -0.0695. The first-order valence-corrected chi connectivity index (χ1v) is 21.3. The Bertz CT molecular complexity index is 3690. The largest absolute Gasteiger partial charge is 0.456 e. The van der Waals surface area contributed by atoms with E-state index in [0.717, 1.165) is 11.2 Å². The topological polar surface area (TPSA) is 13.1 Å². The zero-order chi connectivity index (χ0) is 39.0. The van der Waals surface area contributed by atoms with Crippen LogP contribution < -0.4 is 0 Å². The maximum atomic E-state index is 6.72. The Morgan fingerprint density at radius 2 is 1.00 bits per heavy atom. The molecule has 13 rings (SSSR count). The minimum Gasteiger partial charge on any atom is -0.456 e. The highest BCUT2D eigenvalue weighted by Crippen LogP contribution is 2.51. The second kappa shape index (κ2) is 12.0. The highest BCUT2D eigenvalue weighted by Gasteiger charge is 2.36. The van der Waals surface area contributed by atoms with Crippen molar-refractivity contribution in [2.75, 3.05) is 0 Å². The summed E-state index contributed by atoms with van der Waals surface area (Å²) in [5.41, 5.74) is 14.7. The van der Waals surface area contributed by atoms with Gasteiger partial charge in [-0.25, -0.2) is 0 Å². The minimum absolute atomic E-state index is 0.0695. The lowest BCUT2D eigenvalue weighted by atomic mass is 9.82. The summed E-state index contributed by atoms with van der Waals surface area (Å²) in [7, 11) is 0. The van der Waals surface area contributed by atoms with Gasteiger partial charge in [-0.15, -0.1) is 11.3 Å². The third kappa shape index (κ3) is 4.67. The van der Waals surface area contributed by atoms with Gasteiger partial charge < -0.3 is 4.42 Å². The number of rotatable bonds is 3. The molecule has 1 aliphatic carbocycles. The predicted molar refractivity (Wildman–Crippen MR) is 253 cm³/mol. The van der Waals surface area contributed by atoms with Crippen LogP contribution in [0.25, 0.3) is 119 Å². The van der Waals surface area contributed by atoms with E-state index in [1.807, 2.05) is 11.3 Å². The van der Waals surface area contributed by atoms with Gasteiger partial charge in [0.05, 0.1) is 0 Å². The zero-order valence-electron chi connectivity index (χ0n) is 32.6. The van der Waals surface area contributed by atoms with Crippen molar-refractivity contribution >= 4 is 85.8 Å². The van der Waals surface area contributed by atoms with Gasteiger partial charge >= 0.3 is 0 Å². The molecule has 0 unspecified atom stereocenters. The summed E-state index contributed by atoms with van der Waals surface area (Å²) in [6.45, 7) is 4.65. The molecule has 2 heterocycles. The highest BCUT2D eigenvalue weighted by molar-refractivity contribution is 7.25. The molecule has 0 N–H and O–H groups in total. The standard InChI is InChI=1S/C57H36OS/c1-57(2)49-22-11-10-16-38(49)45-30-47-46-27-34-15-12-21-37(44(34)31-51(46)58-52(47)32-50(45)57)35-24-26-53-48(28-35)39-25-23-36(29-54(39)59-53)56-42-19-8-6-17-40(42)55(33-13-4-3-5-14-33)41-18-7-9-20-43(41)56/h3-32H,1-2H3. The maximum Gasteiger partial charge on any atom is 0.136 e. The van der Waals surface area contributed by atoms with Gasteiger partial charge in [0, 0.05) is 36.4 Å². The number of hydrogen-bond donors (Lipinski definition) is 0. The molecule has 2 heteroatoms. The molecule has 1 nitrogen and oxygen atoms in total. The van der Waals surface area contributed by atoms with Crippen LogP contribution in [0, 0.1) is 0 Å². The average Bonchev–Trinajstić information content (AvgIpc) is 3.90. The zero-order valence-corrected chi connectivity index (χ0v) is 33.5. The van der Waals surface area contributed by atoms with E-state index in [1.165, 1.54) is 119 Å². The molecule has 0 bridgehead atoms. The van der Waals surface area contributed by atoms with Gasteiger partial charge in [-0.05, 0) is 130 Å². The summed E-state index contributed by atoms with van der Waals surface area (Å²) in [6.07, 6.45) is 0. The monoisotopic (exact) mass is 768 g/mol. The lowest BCUT2D eigenvalue weighted by Gasteiger charge is -2.21. The molecule has 0 radical (unpaired) electrons. The first-order chi connectivity index (χ1) is 29.0. The van der Waals surface area contributed by atoms with Crippen LogP contribution in [0.5, 0.6) is 0 Å². The van der Waals surface area contributed by atoms with Crippen molar-refractivity contribution in [1.29, 1.82) is 0 Å². The Morgan fingerprint density at radius 1 is 0.356 bits per heavy atom. The fourth-order valence-electron chi connectivity index (χ4n) is 10.4. The van der Waals surface area contributed by atoms with Crippen molar-refractivity contribution in [2.24, 2.45) is 0 Å². The van der Waals surface area contributed by atoms with Crippen LogP contribution in [0.3, 0.4) is 0 Å². The maximum absolute atomic E-state index is 6.72. The van der Waals surface area contributed by atoms with Gasteiger partial charge in [-0.2, -0.15) is 0 Å². The van der Waals surface area contributed by atoms with E-state index in [2.05, 4.69) is 196 Å². The lowest BCUT2D eigenvalue weighted by molar-refractivity contribution is 0.647. The molecule has 0 spiro atoms. The number of benzene rings is 10. The number of hydrogen-bond acceptors (Lipinski definition) is 2. The molecule has 1 aliphatic rings. The first kappa shape index (κ1) is 33.0. The van der Waals surface area contributed by atoms with Gasteiger partial charge in [-0.1, -0.05) is 153 Å². The Kier molecular flexibility index (Phi) is 6.73. The molecule has 0 aliphatic heterocycles. The quantitative estimate of drug-likeness (QED) is 0.163. The molecular formula is C57H36OS. The van der Waals surface area contributed by atoms with Crippen LogP contribution in [0.1, 0.15) is 25.0 Å². The Balaban J connectivity index is 0.948. The molecule has 0 fully saturated rings. The van der Waals surface area contributed by atoms with E-state index in [-0.39, 0.29) is 5.41 Å². The van der Waals surface area contributed by atoms with Crippen LogP contribution in [0.15, 0.2) is 186 Å². The van der Waals surface area contributed by atoms with E-state index in [9.17, 15) is 0 Å². The van der Waals surface area contributed by atoms with Crippen LogP contribution >= 0.6 is 11.3 Å². The molecular weight excluding hydrogens is 733 g/mol. The van der Waals surface area contributed by atoms with Gasteiger partial charge in [0.2, 0.25) is 0 Å². The molecule has 12 aromatic rings. The molecule has 10 aromatic carbocycles. The van der Waals surface area contributed by atoms with E-state index in [1.54, 1.807) is 0 Å². The molecule has 59 heavy (non-hydrogen) atoms. The van der Waals surface area contributed by atoms with Gasteiger partial charge in [0.15, 0.2) is 0 Å². The molecule has 0 amide bonds. The van der Waals surface area contributed by atoms with Crippen molar-refractivity contribution in [3.05, 3.63) is 193 Å². The fraction of sp³-hybridized carbons (Fsp3) is 0.0526. The SMILES string of the molecule is CC1(C)c2ccccc2-c2cc3c(cc21)oc1cc2c(-c4ccc5sc6cc(-c7c8ccccc8c(-c8ccccc8)c8ccccc78)ccc6c5c4)cccc2cc13. The molecule has 0 atom stereocenters. The van der Waals surface area contributed by atoms with Crippen molar-refractivity contribution in [1.82, 2.24) is 0 Å². The third-order valence-corrected chi connectivity index (χ3v) is 14.4. The van der Waals surface area contributed by atoms with Crippen molar-refractivity contribution in [2.45, 2.75) is 19.3 Å². The lowest BCUT2D eigenvalue weighted by Crippen LogP contribution is -2.14. The van der Waals surface area contributed by atoms with E-state index in [4.69, 9.17) is 4.42 Å². The summed E-state index contributed by atoms with van der Waals surface area (Å²) in [5.74, 6) is 0. The van der Waals surface area contributed by atoms with Gasteiger partial charge in [0.1, 0.15) is 11.2 Å². The molecule has 0 saturated heterocycles. The summed E-state index contributed by atoms with van der Waals surface area (Å²) in [4.78, 5) is 0. The fourth-order valence-corrected chi connectivity index (χ4v) is 11.6. The first-order valence-electron chi connectivity index (χ1n) is 20.5. The normalized spacial score (nSPS) is 13.4. The Hall–Kier alpha value is -7.00. The molecule has 0 saturated carbocycles. The predicted octanol–water partition coefficient (Wildman–Crippen LogP) is 16.7. The Morgan fingerprint density at radius 3 is 1.78 bits per heavy atom. The van der Waals surface area contributed by atoms with Crippen molar-refractivity contribution < 1.29 is 4.42 Å². The number of fused-ring (bicyclic) bond motifs is 12. The second-order valence-electron chi connectivity index (χ2n) is 16.8. The number of thiophene rings is 1. The number of furan rings is 1. The Labute approximate surface area is 345 Å². The summed E-state index contributed by atoms with van der Waals surface area (Å²) in [5, 5.41) is 12.5. The highest BCUT2D eigenvalue weighted by atomic mass is 32.1. The smallest absolute Gasteiger partial charge is 0.136 e. The average molecular weight is 769 g/mol. The molecule has 2 aromatic heterocycles. The van der Waals surface area contributed by atoms with Gasteiger partial charge in [-0.3, -0.25) is 0 Å². The summed E-state index contributed by atoms with van der Waals surface area (Å²) in [6, 6.07) is 67.6. The van der Waals surface area contributed by atoms with E-state index < -0.39 is 0 Å². The van der Waals surface area contributed by atoms with E-state index >= 15 is 0 Å². The van der Waals surface area contributed by atoms with E-state index in [0.29, 0.717) is 0 Å².